The number of fused-ring (bicyclic) bond motifs is 1. The summed E-state index contributed by atoms with van der Waals surface area (Å²) in [5.74, 6) is 0.459. The number of aromatic amines is 1. The number of hydrogen-bond acceptors (Lipinski definition) is 3. The second-order valence-electron chi connectivity index (χ2n) is 2.50. The average Bonchev–Trinajstić information content (AvgIpc) is 2.33. The van der Waals surface area contributed by atoms with Crippen LogP contribution in [0.2, 0.25) is 0 Å². The highest BCUT2D eigenvalue weighted by molar-refractivity contribution is 5.80. The van der Waals surface area contributed by atoms with E-state index in [9.17, 15) is 0 Å². The first-order valence-electron chi connectivity index (χ1n) is 3.34. The fraction of sp³-hybridized carbons (Fsp3) is 0.143. The van der Waals surface area contributed by atoms with Gasteiger partial charge in [0.1, 0.15) is 5.82 Å². The van der Waals surface area contributed by atoms with Crippen molar-refractivity contribution in [3.63, 3.8) is 0 Å². The number of anilines is 1. The minimum Gasteiger partial charge on any atom is -0.382 e. The van der Waals surface area contributed by atoms with Gasteiger partial charge in [-0.05, 0) is 18.6 Å². The number of nitrogens with zero attached hydrogens (tertiary/aromatic N) is 2. The Bertz CT molecular complexity index is 390. The molecule has 2 aromatic rings. The molecule has 56 valence electrons. The van der Waals surface area contributed by atoms with Crippen LogP contribution in [0.5, 0.6) is 0 Å². The minimum atomic E-state index is 0.459. The Morgan fingerprint density at radius 3 is 3.09 bits per heavy atom. The van der Waals surface area contributed by atoms with Crippen LogP contribution < -0.4 is 5.73 Å². The van der Waals surface area contributed by atoms with Gasteiger partial charge in [-0.25, -0.2) is 0 Å². The largest absolute Gasteiger partial charge is 0.382 e. The molecular weight excluding hydrogens is 140 g/mol. The molecule has 0 saturated heterocycles. The molecule has 0 aliphatic rings. The molecule has 0 fully saturated rings. The third kappa shape index (κ3) is 0.832. The van der Waals surface area contributed by atoms with Crippen molar-refractivity contribution in [1.29, 1.82) is 0 Å². The second kappa shape index (κ2) is 1.95. The minimum absolute atomic E-state index is 0.459. The molecule has 0 aromatic carbocycles. The van der Waals surface area contributed by atoms with Crippen molar-refractivity contribution in [3.05, 3.63) is 17.8 Å². The number of nitrogen functional groups attached to an aromatic ring is 1. The summed E-state index contributed by atoms with van der Waals surface area (Å²) in [7, 11) is 0. The molecule has 0 amide bonds. The van der Waals surface area contributed by atoms with Gasteiger partial charge in [-0.1, -0.05) is 0 Å². The number of nitrogens with one attached hydrogen (secondary N) is 1. The van der Waals surface area contributed by atoms with Gasteiger partial charge in [0.25, 0.3) is 0 Å². The van der Waals surface area contributed by atoms with E-state index in [0.29, 0.717) is 5.82 Å². The SMILES string of the molecule is Cc1c[nH]c2nnc(N)cc12. The number of aromatic nitrogens is 3. The van der Waals surface area contributed by atoms with E-state index in [0.717, 1.165) is 16.6 Å². The lowest BCUT2D eigenvalue weighted by Crippen LogP contribution is -1.91. The smallest absolute Gasteiger partial charge is 0.160 e. The van der Waals surface area contributed by atoms with Crippen molar-refractivity contribution in [2.45, 2.75) is 6.92 Å². The van der Waals surface area contributed by atoms with Crippen LogP contribution in [-0.2, 0) is 0 Å². The maximum absolute atomic E-state index is 5.46. The van der Waals surface area contributed by atoms with Crippen molar-refractivity contribution in [1.82, 2.24) is 15.2 Å². The normalized spacial score (nSPS) is 10.6. The highest BCUT2D eigenvalue weighted by Crippen LogP contribution is 2.15. The maximum Gasteiger partial charge on any atom is 0.160 e. The number of aryl methyl sites for hydroxylation is 1. The summed E-state index contributed by atoms with van der Waals surface area (Å²) in [4.78, 5) is 2.99. The Labute approximate surface area is 63.4 Å². The molecule has 2 aromatic heterocycles. The predicted octanol–water partition coefficient (Wildman–Crippen LogP) is 0.849. The zero-order valence-electron chi connectivity index (χ0n) is 6.13. The summed E-state index contributed by atoms with van der Waals surface area (Å²) in [6.07, 6.45) is 1.89. The Morgan fingerprint density at radius 2 is 2.27 bits per heavy atom. The Kier molecular flexibility index (Phi) is 1.09. The van der Waals surface area contributed by atoms with Crippen LogP contribution in [0.1, 0.15) is 5.56 Å². The number of rotatable bonds is 0. The number of H-pyrrole nitrogens is 1. The first kappa shape index (κ1) is 6.15. The molecule has 4 nitrogen and oxygen atoms in total. The van der Waals surface area contributed by atoms with E-state index in [1.807, 2.05) is 19.2 Å². The molecule has 2 heterocycles. The van der Waals surface area contributed by atoms with Gasteiger partial charge in [0, 0.05) is 11.6 Å². The van der Waals surface area contributed by atoms with Crippen LogP contribution in [-0.4, -0.2) is 15.2 Å². The van der Waals surface area contributed by atoms with Crippen LogP contribution in [0.3, 0.4) is 0 Å². The summed E-state index contributed by atoms with van der Waals surface area (Å²) in [5, 5.41) is 8.63. The third-order valence-electron chi connectivity index (χ3n) is 1.66. The standard InChI is InChI=1S/C7H8N4/c1-4-3-9-7-5(4)2-6(8)10-11-7/h2-3H,1H3,(H2,8,10)(H,9,11). The summed E-state index contributed by atoms with van der Waals surface area (Å²) < 4.78 is 0. The lowest BCUT2D eigenvalue weighted by Gasteiger charge is -1.90. The van der Waals surface area contributed by atoms with E-state index >= 15 is 0 Å². The Balaban J connectivity index is 2.87. The quantitative estimate of drug-likeness (QED) is 0.582. The van der Waals surface area contributed by atoms with Gasteiger partial charge in [0.2, 0.25) is 0 Å². The molecular formula is C7H8N4. The molecule has 0 atom stereocenters. The van der Waals surface area contributed by atoms with Crippen LogP contribution in [0.4, 0.5) is 5.82 Å². The van der Waals surface area contributed by atoms with E-state index in [4.69, 9.17) is 5.73 Å². The fourth-order valence-electron chi connectivity index (χ4n) is 1.07. The molecule has 4 heteroatoms. The molecule has 0 unspecified atom stereocenters. The summed E-state index contributed by atoms with van der Waals surface area (Å²) in [6, 6.07) is 1.81. The molecule has 0 radical (unpaired) electrons. The van der Waals surface area contributed by atoms with Crippen LogP contribution in [0.15, 0.2) is 12.3 Å². The third-order valence-corrected chi connectivity index (χ3v) is 1.66. The molecule has 0 aliphatic carbocycles. The van der Waals surface area contributed by atoms with Gasteiger partial charge in [0.05, 0.1) is 0 Å². The van der Waals surface area contributed by atoms with Crippen molar-refractivity contribution >= 4 is 16.9 Å². The predicted molar refractivity (Wildman–Crippen MR) is 43.0 cm³/mol. The molecule has 11 heavy (non-hydrogen) atoms. The van der Waals surface area contributed by atoms with E-state index < -0.39 is 0 Å². The van der Waals surface area contributed by atoms with Crippen molar-refractivity contribution in [3.8, 4) is 0 Å². The number of nitrogens with two attached hydrogens (primary N) is 1. The monoisotopic (exact) mass is 148 g/mol. The Hall–Kier alpha value is -1.58. The van der Waals surface area contributed by atoms with E-state index in [1.165, 1.54) is 0 Å². The summed E-state index contributed by atoms with van der Waals surface area (Å²) >= 11 is 0. The van der Waals surface area contributed by atoms with Crippen molar-refractivity contribution in [2.75, 3.05) is 5.73 Å². The molecule has 0 aliphatic heterocycles. The van der Waals surface area contributed by atoms with Gasteiger partial charge in [-0.3, -0.25) is 0 Å². The van der Waals surface area contributed by atoms with Crippen molar-refractivity contribution in [2.24, 2.45) is 0 Å². The van der Waals surface area contributed by atoms with E-state index in [2.05, 4.69) is 15.2 Å². The van der Waals surface area contributed by atoms with Crippen LogP contribution in [0, 0.1) is 6.92 Å². The van der Waals surface area contributed by atoms with Crippen LogP contribution in [0.25, 0.3) is 11.0 Å². The maximum atomic E-state index is 5.46. The van der Waals surface area contributed by atoms with Gasteiger partial charge < -0.3 is 10.7 Å². The lowest BCUT2D eigenvalue weighted by atomic mass is 10.2. The van der Waals surface area contributed by atoms with E-state index in [-0.39, 0.29) is 0 Å². The van der Waals surface area contributed by atoms with Gasteiger partial charge in [-0.15, -0.1) is 10.2 Å². The average molecular weight is 148 g/mol. The fourth-order valence-corrected chi connectivity index (χ4v) is 1.07. The van der Waals surface area contributed by atoms with E-state index in [1.54, 1.807) is 0 Å². The molecule has 3 N–H and O–H groups in total. The highest BCUT2D eigenvalue weighted by Gasteiger charge is 2.00. The van der Waals surface area contributed by atoms with Crippen molar-refractivity contribution < 1.29 is 0 Å². The van der Waals surface area contributed by atoms with Gasteiger partial charge in [-0.2, -0.15) is 0 Å². The Morgan fingerprint density at radius 1 is 1.45 bits per heavy atom. The summed E-state index contributed by atoms with van der Waals surface area (Å²) in [6.45, 7) is 2.00. The second-order valence-corrected chi connectivity index (χ2v) is 2.50. The molecule has 0 spiro atoms. The molecule has 2 rings (SSSR count). The lowest BCUT2D eigenvalue weighted by molar-refractivity contribution is 1.07. The topological polar surface area (TPSA) is 67.6 Å². The first-order chi connectivity index (χ1) is 5.27. The molecule has 0 bridgehead atoms. The number of hydrogen-bond donors (Lipinski definition) is 2. The van der Waals surface area contributed by atoms with Crippen LogP contribution >= 0.6 is 0 Å². The summed E-state index contributed by atoms with van der Waals surface area (Å²) in [5.41, 5.74) is 7.39. The zero-order valence-corrected chi connectivity index (χ0v) is 6.13. The first-order valence-corrected chi connectivity index (χ1v) is 3.34. The van der Waals surface area contributed by atoms with Gasteiger partial charge >= 0.3 is 0 Å². The zero-order chi connectivity index (χ0) is 7.84. The highest BCUT2D eigenvalue weighted by atomic mass is 15.2. The van der Waals surface area contributed by atoms with Gasteiger partial charge in [0.15, 0.2) is 5.65 Å². The molecule has 0 saturated carbocycles.